The van der Waals surface area contributed by atoms with Crippen LogP contribution in [0.25, 0.3) is 22.3 Å². The lowest BCUT2D eigenvalue weighted by Gasteiger charge is -2.19. The van der Waals surface area contributed by atoms with Crippen molar-refractivity contribution in [2.24, 2.45) is 0 Å². The van der Waals surface area contributed by atoms with Crippen LogP contribution in [0.15, 0.2) is 61.2 Å². The summed E-state index contributed by atoms with van der Waals surface area (Å²) in [6.07, 6.45) is 1.21. The van der Waals surface area contributed by atoms with Gasteiger partial charge in [0.05, 0.1) is 19.0 Å². The Labute approximate surface area is 241 Å². The maximum Gasteiger partial charge on any atom is 0.409 e. The van der Waals surface area contributed by atoms with E-state index in [0.29, 0.717) is 24.1 Å². The molecule has 2 amide bonds. The van der Waals surface area contributed by atoms with E-state index < -0.39 is 24.5 Å². The van der Waals surface area contributed by atoms with E-state index in [2.05, 4.69) is 44.5 Å². The standard InChI is InChI=1S/C30H32N6O6/c1-35(30(40)41-15-22-20-9-4-2-7-18(20)19-8-3-5-10-21(19)22)12-6-11-25(39)34-28-27-29(32-16-31-28)36(17-33-27)26-13-23(38)24(14-37)42-26/h2-5,7-10,16-17,22-24,26,37-38H,6,11-15H2,1H3,(H,31,32,34,39)/t23?,24-,26-/m1/s1. The molecule has 3 N–H and O–H groups in total. The summed E-state index contributed by atoms with van der Waals surface area (Å²) in [7, 11) is 1.65. The maximum absolute atomic E-state index is 12.7. The largest absolute Gasteiger partial charge is 0.448 e. The molecule has 3 atom stereocenters. The van der Waals surface area contributed by atoms with Crippen LogP contribution in [0.4, 0.5) is 10.6 Å². The van der Waals surface area contributed by atoms with E-state index >= 15 is 0 Å². The van der Waals surface area contributed by atoms with E-state index in [9.17, 15) is 19.8 Å². The van der Waals surface area contributed by atoms with Gasteiger partial charge in [0.25, 0.3) is 0 Å². The topological polar surface area (TPSA) is 152 Å². The molecule has 4 aromatic rings. The number of anilines is 1. The number of aromatic nitrogens is 4. The first-order valence-corrected chi connectivity index (χ1v) is 13.9. The molecule has 42 heavy (non-hydrogen) atoms. The highest BCUT2D eigenvalue weighted by Gasteiger charge is 2.35. The Morgan fingerprint density at radius 1 is 1.10 bits per heavy atom. The molecule has 2 aromatic heterocycles. The summed E-state index contributed by atoms with van der Waals surface area (Å²) in [5, 5.41) is 22.2. The molecule has 3 heterocycles. The van der Waals surface area contributed by atoms with E-state index in [4.69, 9.17) is 9.47 Å². The first-order chi connectivity index (χ1) is 20.4. The van der Waals surface area contributed by atoms with Crippen LogP contribution in [0, 0.1) is 0 Å². The fourth-order valence-corrected chi connectivity index (χ4v) is 5.67. The fraction of sp³-hybridized carbons (Fsp3) is 0.367. The van der Waals surface area contributed by atoms with Gasteiger partial charge in [0.2, 0.25) is 5.91 Å². The minimum Gasteiger partial charge on any atom is -0.448 e. The van der Waals surface area contributed by atoms with Crippen LogP contribution >= 0.6 is 0 Å². The van der Waals surface area contributed by atoms with Crippen molar-refractivity contribution in [1.82, 2.24) is 24.4 Å². The average Bonchev–Trinajstić information content (AvgIpc) is 3.69. The lowest BCUT2D eigenvalue weighted by atomic mass is 9.98. The van der Waals surface area contributed by atoms with Crippen molar-refractivity contribution in [1.29, 1.82) is 0 Å². The third-order valence-electron chi connectivity index (χ3n) is 7.86. The number of benzene rings is 2. The monoisotopic (exact) mass is 572 g/mol. The van der Waals surface area contributed by atoms with Crippen LogP contribution in [0.2, 0.25) is 0 Å². The van der Waals surface area contributed by atoms with Crippen LogP contribution in [-0.4, -0.2) is 85.6 Å². The molecule has 12 heteroatoms. The third kappa shape index (κ3) is 5.31. The second-order valence-electron chi connectivity index (χ2n) is 10.5. The van der Waals surface area contributed by atoms with Gasteiger partial charge in [-0.1, -0.05) is 48.5 Å². The van der Waals surface area contributed by atoms with E-state index in [1.165, 1.54) is 28.7 Å². The molecule has 1 aliphatic heterocycles. The molecule has 0 bridgehead atoms. The zero-order chi connectivity index (χ0) is 29.2. The molecule has 2 aromatic carbocycles. The van der Waals surface area contributed by atoms with Crippen molar-refractivity contribution in [2.75, 3.05) is 32.1 Å². The summed E-state index contributed by atoms with van der Waals surface area (Å²) in [6.45, 7) is 0.280. The van der Waals surface area contributed by atoms with Gasteiger partial charge < -0.3 is 29.9 Å². The highest BCUT2D eigenvalue weighted by Crippen LogP contribution is 2.44. The molecule has 6 rings (SSSR count). The van der Waals surface area contributed by atoms with Crippen LogP contribution in [0.5, 0.6) is 0 Å². The smallest absolute Gasteiger partial charge is 0.409 e. The maximum atomic E-state index is 12.7. The van der Waals surface area contributed by atoms with Crippen LogP contribution < -0.4 is 5.32 Å². The van der Waals surface area contributed by atoms with E-state index in [0.717, 1.165) is 11.1 Å². The number of aliphatic hydroxyl groups is 2. The van der Waals surface area contributed by atoms with Crippen molar-refractivity contribution in [3.63, 3.8) is 0 Å². The average molecular weight is 573 g/mol. The number of carbonyl (C=O) groups is 2. The molecular formula is C30H32N6O6. The summed E-state index contributed by atoms with van der Waals surface area (Å²) in [6, 6.07) is 16.4. The summed E-state index contributed by atoms with van der Waals surface area (Å²) in [5.74, 6) is -0.0422. The molecule has 2 aliphatic rings. The number of rotatable bonds is 9. The predicted molar refractivity (Wildman–Crippen MR) is 153 cm³/mol. The van der Waals surface area contributed by atoms with Gasteiger partial charge in [-0.15, -0.1) is 0 Å². The number of carbonyl (C=O) groups excluding carboxylic acids is 2. The number of amides is 2. The van der Waals surface area contributed by atoms with Crippen molar-refractivity contribution in [2.45, 2.75) is 43.6 Å². The molecule has 0 saturated carbocycles. The number of ether oxygens (including phenoxy) is 2. The van der Waals surface area contributed by atoms with Crippen molar-refractivity contribution < 1.29 is 29.3 Å². The normalized spacial score (nSPS) is 19.5. The quantitative estimate of drug-likeness (QED) is 0.275. The number of nitrogens with one attached hydrogen (secondary N) is 1. The van der Waals surface area contributed by atoms with Gasteiger partial charge in [0.15, 0.2) is 17.0 Å². The molecule has 0 radical (unpaired) electrons. The van der Waals surface area contributed by atoms with Crippen LogP contribution in [0.1, 0.15) is 42.5 Å². The highest BCUT2D eigenvalue weighted by atomic mass is 16.6. The summed E-state index contributed by atoms with van der Waals surface area (Å²) < 4.78 is 13.0. The Hall–Kier alpha value is -4.39. The Morgan fingerprint density at radius 2 is 1.81 bits per heavy atom. The van der Waals surface area contributed by atoms with Gasteiger partial charge in [-0.2, -0.15) is 0 Å². The molecule has 0 spiro atoms. The van der Waals surface area contributed by atoms with Crippen molar-refractivity contribution >= 4 is 29.0 Å². The number of hydrogen-bond acceptors (Lipinski definition) is 9. The van der Waals surface area contributed by atoms with E-state index in [1.807, 2.05) is 24.3 Å². The Bertz CT molecular complexity index is 1560. The number of imidazole rings is 1. The van der Waals surface area contributed by atoms with Crippen LogP contribution in [-0.2, 0) is 14.3 Å². The number of hydrogen-bond donors (Lipinski definition) is 3. The summed E-state index contributed by atoms with van der Waals surface area (Å²) in [4.78, 5) is 39.7. The minimum atomic E-state index is -0.801. The van der Waals surface area contributed by atoms with E-state index in [1.54, 1.807) is 11.6 Å². The SMILES string of the molecule is CN(CCCC(=O)Nc1ncnc2c1ncn2[C@H]1CC(O)[C@@H](CO)O1)C(=O)OCC1c2ccccc2-c2ccccc21. The molecular weight excluding hydrogens is 540 g/mol. The zero-order valence-corrected chi connectivity index (χ0v) is 23.1. The van der Waals surface area contributed by atoms with Gasteiger partial charge >= 0.3 is 6.09 Å². The zero-order valence-electron chi connectivity index (χ0n) is 23.1. The highest BCUT2D eigenvalue weighted by molar-refractivity contribution is 5.96. The van der Waals surface area contributed by atoms with Gasteiger partial charge in [-0.3, -0.25) is 9.36 Å². The Kier molecular flexibility index (Phi) is 7.83. The minimum absolute atomic E-state index is 0.0184. The van der Waals surface area contributed by atoms with Gasteiger partial charge in [-0.25, -0.2) is 19.7 Å². The molecule has 1 saturated heterocycles. The Balaban J connectivity index is 1.00. The lowest BCUT2D eigenvalue weighted by Crippen LogP contribution is -2.30. The summed E-state index contributed by atoms with van der Waals surface area (Å²) in [5.41, 5.74) is 5.46. The first kappa shape index (κ1) is 27.8. The van der Waals surface area contributed by atoms with E-state index in [-0.39, 0.29) is 43.7 Å². The molecule has 1 aliphatic carbocycles. The van der Waals surface area contributed by atoms with Gasteiger partial charge in [0.1, 0.15) is 25.3 Å². The fourth-order valence-electron chi connectivity index (χ4n) is 5.67. The third-order valence-corrected chi connectivity index (χ3v) is 7.86. The predicted octanol–water partition coefficient (Wildman–Crippen LogP) is 3.07. The molecule has 218 valence electrons. The molecule has 1 unspecified atom stereocenters. The number of nitrogens with zero attached hydrogens (tertiary/aromatic N) is 5. The molecule has 12 nitrogen and oxygen atoms in total. The second-order valence-corrected chi connectivity index (χ2v) is 10.5. The lowest BCUT2D eigenvalue weighted by molar-refractivity contribution is -0.116. The van der Waals surface area contributed by atoms with Gasteiger partial charge in [0, 0.05) is 32.4 Å². The van der Waals surface area contributed by atoms with Crippen molar-refractivity contribution in [3.8, 4) is 11.1 Å². The number of fused-ring (bicyclic) bond motifs is 4. The number of aliphatic hydroxyl groups excluding tert-OH is 2. The summed E-state index contributed by atoms with van der Waals surface area (Å²) >= 11 is 0. The van der Waals surface area contributed by atoms with Crippen molar-refractivity contribution in [3.05, 3.63) is 72.3 Å². The first-order valence-electron chi connectivity index (χ1n) is 13.9. The van der Waals surface area contributed by atoms with Gasteiger partial charge in [-0.05, 0) is 28.7 Å². The molecule has 1 fully saturated rings. The Morgan fingerprint density at radius 3 is 2.50 bits per heavy atom. The second kappa shape index (κ2) is 11.8. The van der Waals surface area contributed by atoms with Crippen LogP contribution in [0.3, 0.4) is 0 Å².